The Balaban J connectivity index is 0.000000187. The summed E-state index contributed by atoms with van der Waals surface area (Å²) >= 11 is 6.31. The van der Waals surface area contributed by atoms with E-state index in [0.29, 0.717) is 41.6 Å². The SMILES string of the molecule is CCCc1c2oc(C(=O)O)cc(=O)c2cc2c(=O)cc(C(=O)O)n(CC)c12.Cn1c(=O)c2c(ncn2CCN2CCN(c3ccccc3Cl)CC2)n(C)c1=O. The van der Waals surface area contributed by atoms with E-state index >= 15 is 0 Å². The highest BCUT2D eigenvalue weighted by molar-refractivity contribution is 6.33. The van der Waals surface area contributed by atoms with Crippen LogP contribution in [0.15, 0.2) is 72.4 Å². The number of fused-ring (bicyclic) bond motifs is 3. The van der Waals surface area contributed by atoms with E-state index in [1.807, 2.05) is 29.7 Å². The summed E-state index contributed by atoms with van der Waals surface area (Å²) < 4.78 is 11.3. The van der Waals surface area contributed by atoms with Gasteiger partial charge < -0.3 is 28.7 Å². The van der Waals surface area contributed by atoms with Gasteiger partial charge in [-0.1, -0.05) is 37.1 Å². The first-order chi connectivity index (χ1) is 26.3. The molecule has 16 nitrogen and oxygen atoms in total. The van der Waals surface area contributed by atoms with Gasteiger partial charge in [-0.05, 0) is 31.5 Å². The Morgan fingerprint density at radius 1 is 0.855 bits per heavy atom. The predicted octanol–water partition coefficient (Wildman–Crippen LogP) is 3.39. The van der Waals surface area contributed by atoms with Crippen molar-refractivity contribution < 1.29 is 24.2 Å². The Morgan fingerprint density at radius 2 is 1.55 bits per heavy atom. The molecule has 0 aliphatic carbocycles. The summed E-state index contributed by atoms with van der Waals surface area (Å²) in [6, 6.07) is 11.2. The number of aromatic nitrogens is 5. The summed E-state index contributed by atoms with van der Waals surface area (Å²) in [7, 11) is 3.13. The third-order valence-electron chi connectivity index (χ3n) is 9.87. The van der Waals surface area contributed by atoms with Crippen LogP contribution in [0.4, 0.5) is 5.69 Å². The van der Waals surface area contributed by atoms with Gasteiger partial charge in [0, 0.05) is 83.0 Å². The molecule has 7 rings (SSSR count). The summed E-state index contributed by atoms with van der Waals surface area (Å²) in [5.41, 5.74) is 0.907. The molecule has 0 radical (unpaired) electrons. The first kappa shape index (κ1) is 38.7. The number of pyridine rings is 1. The van der Waals surface area contributed by atoms with E-state index in [4.69, 9.17) is 16.0 Å². The molecule has 17 heteroatoms. The number of para-hydroxylation sites is 1. The second-order valence-electron chi connectivity index (χ2n) is 13.2. The number of rotatable bonds is 9. The number of carbonyl (C=O) groups is 2. The number of aryl methyl sites for hydroxylation is 3. The van der Waals surface area contributed by atoms with Gasteiger partial charge in [-0.25, -0.2) is 19.4 Å². The number of anilines is 1. The molecule has 55 heavy (non-hydrogen) atoms. The zero-order valence-electron chi connectivity index (χ0n) is 30.7. The molecule has 5 heterocycles. The van der Waals surface area contributed by atoms with Gasteiger partial charge in [0.25, 0.3) is 5.56 Å². The Labute approximate surface area is 317 Å². The summed E-state index contributed by atoms with van der Waals surface area (Å²) in [6.07, 6.45) is 2.64. The molecule has 1 fully saturated rings. The van der Waals surface area contributed by atoms with E-state index in [2.05, 4.69) is 20.9 Å². The van der Waals surface area contributed by atoms with Gasteiger partial charge in [0.15, 0.2) is 22.0 Å². The smallest absolute Gasteiger partial charge is 0.371 e. The first-order valence-electron chi connectivity index (χ1n) is 17.7. The summed E-state index contributed by atoms with van der Waals surface area (Å²) in [4.78, 5) is 81.4. The maximum atomic E-state index is 12.6. The quantitative estimate of drug-likeness (QED) is 0.204. The molecule has 1 aliphatic rings. The van der Waals surface area contributed by atoms with Crippen molar-refractivity contribution in [3.63, 3.8) is 0 Å². The average molecular weight is 774 g/mol. The number of piperazine rings is 1. The predicted molar refractivity (Wildman–Crippen MR) is 208 cm³/mol. The Kier molecular flexibility index (Phi) is 11.1. The molecule has 4 aromatic heterocycles. The molecule has 2 aromatic carbocycles. The number of hydrogen-bond acceptors (Lipinski definition) is 10. The zero-order valence-corrected chi connectivity index (χ0v) is 31.5. The Morgan fingerprint density at radius 3 is 2.18 bits per heavy atom. The van der Waals surface area contributed by atoms with Gasteiger partial charge in [0.05, 0.1) is 27.9 Å². The third kappa shape index (κ3) is 7.29. The fourth-order valence-corrected chi connectivity index (χ4v) is 7.33. The molecule has 0 amide bonds. The molecule has 1 aliphatic heterocycles. The minimum absolute atomic E-state index is 0.0680. The fourth-order valence-electron chi connectivity index (χ4n) is 7.07. The molecule has 2 N–H and O–H groups in total. The second kappa shape index (κ2) is 15.8. The molecule has 0 spiro atoms. The van der Waals surface area contributed by atoms with Crippen LogP contribution in [0.25, 0.3) is 33.0 Å². The number of carboxylic acid groups (broad SMARTS) is 2. The van der Waals surface area contributed by atoms with Gasteiger partial charge in [0.1, 0.15) is 11.3 Å². The number of aromatic carboxylic acids is 2. The highest BCUT2D eigenvalue weighted by atomic mass is 35.5. The van der Waals surface area contributed by atoms with Crippen LogP contribution in [-0.4, -0.2) is 83.0 Å². The van der Waals surface area contributed by atoms with Gasteiger partial charge in [-0.15, -0.1) is 0 Å². The van der Waals surface area contributed by atoms with Crippen LogP contribution in [0.2, 0.25) is 5.02 Å². The summed E-state index contributed by atoms with van der Waals surface area (Å²) in [6.45, 7) is 9.00. The van der Waals surface area contributed by atoms with E-state index in [1.165, 1.54) is 22.2 Å². The van der Waals surface area contributed by atoms with Crippen molar-refractivity contribution in [2.24, 2.45) is 14.1 Å². The molecule has 0 atom stereocenters. The standard InChI is InChI=1S/C19H23ClN6O2.C19H17NO7/c1-22-17-16(18(27)23(2)19(22)28)26(13-21-17)12-9-24-7-10-25(11-8-24)15-6-4-3-5-14(15)20;1-3-5-9-16-10(13(21)7-12(18(23)24)20(16)4-2)6-11-14(22)8-15(19(25)26)27-17(9)11/h3-6,13H,7-12H2,1-2H3;6-8H,3-5H2,1-2H3,(H,23,24)(H,25,26). The van der Waals surface area contributed by atoms with Crippen LogP contribution < -0.4 is 27.0 Å². The minimum Gasteiger partial charge on any atom is -0.477 e. The lowest BCUT2D eigenvalue weighted by Gasteiger charge is -2.36. The van der Waals surface area contributed by atoms with Gasteiger partial charge in [-0.2, -0.15) is 0 Å². The van der Waals surface area contributed by atoms with Crippen LogP contribution in [-0.2, 0) is 33.6 Å². The van der Waals surface area contributed by atoms with E-state index in [1.54, 1.807) is 20.3 Å². The average Bonchev–Trinajstić information content (AvgIpc) is 3.60. The van der Waals surface area contributed by atoms with E-state index < -0.39 is 28.6 Å². The monoisotopic (exact) mass is 773 g/mol. The summed E-state index contributed by atoms with van der Waals surface area (Å²) in [5, 5.41) is 19.7. The van der Waals surface area contributed by atoms with Crippen LogP contribution in [0.5, 0.6) is 0 Å². The normalized spacial score (nSPS) is 13.4. The Hall–Kier alpha value is -6.00. The maximum absolute atomic E-state index is 12.6. The fraction of sp³-hybridized carbons (Fsp3) is 0.342. The third-order valence-corrected chi connectivity index (χ3v) is 10.2. The molecular weight excluding hydrogens is 734 g/mol. The summed E-state index contributed by atoms with van der Waals surface area (Å²) in [5.74, 6) is -3.15. The zero-order chi connectivity index (χ0) is 39.7. The van der Waals surface area contributed by atoms with Gasteiger partial charge >= 0.3 is 17.6 Å². The molecule has 288 valence electrons. The lowest BCUT2D eigenvalue weighted by molar-refractivity contribution is 0.0659. The molecule has 0 saturated carbocycles. The number of halogens is 1. The van der Waals surface area contributed by atoms with Crippen molar-refractivity contribution in [2.75, 3.05) is 37.6 Å². The van der Waals surface area contributed by atoms with Crippen molar-refractivity contribution in [1.82, 2.24) is 28.2 Å². The van der Waals surface area contributed by atoms with Crippen molar-refractivity contribution in [2.45, 2.75) is 39.8 Å². The van der Waals surface area contributed by atoms with Gasteiger partial charge in [0.2, 0.25) is 5.76 Å². The molecule has 6 aromatic rings. The van der Waals surface area contributed by atoms with Crippen molar-refractivity contribution in [3.8, 4) is 0 Å². The van der Waals surface area contributed by atoms with Crippen LogP contribution in [0.3, 0.4) is 0 Å². The second-order valence-corrected chi connectivity index (χ2v) is 13.6. The molecular formula is C38H40ClN7O9. The lowest BCUT2D eigenvalue weighted by atomic mass is 10.00. The highest BCUT2D eigenvalue weighted by Crippen LogP contribution is 2.29. The minimum atomic E-state index is -1.39. The lowest BCUT2D eigenvalue weighted by Crippen LogP contribution is -2.47. The van der Waals surface area contributed by atoms with Gasteiger partial charge in [-0.3, -0.25) is 28.4 Å². The van der Waals surface area contributed by atoms with Crippen molar-refractivity contribution in [3.05, 3.63) is 112 Å². The number of benzene rings is 2. The van der Waals surface area contributed by atoms with Crippen LogP contribution in [0, 0.1) is 0 Å². The number of nitrogens with zero attached hydrogens (tertiary/aromatic N) is 7. The first-order valence-corrected chi connectivity index (χ1v) is 18.1. The molecule has 0 bridgehead atoms. The molecule has 1 saturated heterocycles. The van der Waals surface area contributed by atoms with Crippen LogP contribution >= 0.6 is 11.6 Å². The number of hydrogen-bond donors (Lipinski definition) is 2. The van der Waals surface area contributed by atoms with E-state index in [0.717, 1.165) is 60.1 Å². The largest absolute Gasteiger partial charge is 0.477 e. The highest BCUT2D eigenvalue weighted by Gasteiger charge is 2.23. The molecule has 0 unspecified atom stereocenters. The van der Waals surface area contributed by atoms with Crippen molar-refractivity contribution in [1.29, 1.82) is 0 Å². The number of imidazole rings is 1. The van der Waals surface area contributed by atoms with Crippen LogP contribution in [0.1, 0.15) is 46.9 Å². The van der Waals surface area contributed by atoms with E-state index in [-0.39, 0.29) is 39.8 Å². The topological polar surface area (TPSA) is 195 Å². The Bertz CT molecular complexity index is 2720. The maximum Gasteiger partial charge on any atom is 0.371 e. The van der Waals surface area contributed by atoms with E-state index in [9.17, 15) is 39.0 Å². The van der Waals surface area contributed by atoms with Crippen molar-refractivity contribution >= 4 is 62.3 Å². The number of carboxylic acids is 2.